The van der Waals surface area contributed by atoms with Crippen molar-refractivity contribution in [3.8, 4) is 0 Å². The SMILES string of the molecule is CCC(C)N(CCOC)Cc1c(F)ccc(Br)c1F. The van der Waals surface area contributed by atoms with Crippen molar-refractivity contribution in [2.75, 3.05) is 20.3 Å². The Morgan fingerprint density at radius 3 is 2.63 bits per heavy atom. The van der Waals surface area contributed by atoms with Crippen molar-refractivity contribution in [1.29, 1.82) is 0 Å². The lowest BCUT2D eigenvalue weighted by atomic mass is 10.1. The van der Waals surface area contributed by atoms with E-state index in [1.54, 1.807) is 7.11 Å². The lowest BCUT2D eigenvalue weighted by molar-refractivity contribution is 0.116. The Kier molecular flexibility index (Phi) is 6.89. The number of nitrogens with zero attached hydrogens (tertiary/aromatic N) is 1. The van der Waals surface area contributed by atoms with E-state index in [0.29, 0.717) is 17.6 Å². The maximum Gasteiger partial charge on any atom is 0.144 e. The van der Waals surface area contributed by atoms with Crippen LogP contribution >= 0.6 is 15.9 Å². The quantitative estimate of drug-likeness (QED) is 0.699. The van der Waals surface area contributed by atoms with Crippen LogP contribution in [-0.4, -0.2) is 31.2 Å². The topological polar surface area (TPSA) is 12.5 Å². The van der Waals surface area contributed by atoms with Gasteiger partial charge in [0.25, 0.3) is 0 Å². The molecule has 0 amide bonds. The molecule has 19 heavy (non-hydrogen) atoms. The van der Waals surface area contributed by atoms with Gasteiger partial charge in [-0.2, -0.15) is 0 Å². The second-order valence-corrected chi connectivity index (χ2v) is 5.40. The van der Waals surface area contributed by atoms with Crippen molar-refractivity contribution in [2.45, 2.75) is 32.9 Å². The predicted molar refractivity (Wildman–Crippen MR) is 76.1 cm³/mol. The van der Waals surface area contributed by atoms with E-state index in [2.05, 4.69) is 22.9 Å². The van der Waals surface area contributed by atoms with Crippen LogP contribution in [0.5, 0.6) is 0 Å². The fourth-order valence-electron chi connectivity index (χ4n) is 1.84. The molecule has 0 saturated heterocycles. The molecular weight excluding hydrogens is 316 g/mol. The van der Waals surface area contributed by atoms with Gasteiger partial charge < -0.3 is 4.74 Å². The smallest absolute Gasteiger partial charge is 0.144 e. The Morgan fingerprint density at radius 1 is 1.37 bits per heavy atom. The van der Waals surface area contributed by atoms with Crippen molar-refractivity contribution in [1.82, 2.24) is 4.90 Å². The summed E-state index contributed by atoms with van der Waals surface area (Å²) in [5, 5.41) is 0. The zero-order chi connectivity index (χ0) is 14.4. The minimum atomic E-state index is -0.522. The number of rotatable bonds is 7. The number of hydrogen-bond acceptors (Lipinski definition) is 2. The Morgan fingerprint density at radius 2 is 2.05 bits per heavy atom. The molecule has 1 aromatic rings. The fourth-order valence-corrected chi connectivity index (χ4v) is 2.21. The molecule has 1 rings (SSSR count). The molecule has 0 bridgehead atoms. The number of halogens is 3. The van der Waals surface area contributed by atoms with Crippen LogP contribution in [-0.2, 0) is 11.3 Å². The molecule has 0 aliphatic carbocycles. The third kappa shape index (κ3) is 4.51. The normalized spacial score (nSPS) is 13.0. The first-order valence-corrected chi connectivity index (χ1v) is 7.15. The summed E-state index contributed by atoms with van der Waals surface area (Å²) in [7, 11) is 1.62. The van der Waals surface area contributed by atoms with Crippen LogP contribution < -0.4 is 0 Å². The monoisotopic (exact) mass is 335 g/mol. The van der Waals surface area contributed by atoms with Crippen LogP contribution in [0.1, 0.15) is 25.8 Å². The highest BCUT2D eigenvalue weighted by Gasteiger charge is 2.18. The Hall–Kier alpha value is -0.520. The maximum atomic E-state index is 14.0. The number of ether oxygens (including phenoxy) is 1. The van der Waals surface area contributed by atoms with Gasteiger partial charge in [-0.1, -0.05) is 6.92 Å². The van der Waals surface area contributed by atoms with E-state index in [9.17, 15) is 8.78 Å². The Bertz CT molecular complexity index is 415. The molecule has 5 heteroatoms. The fraction of sp³-hybridized carbons (Fsp3) is 0.571. The zero-order valence-corrected chi connectivity index (χ0v) is 13.1. The van der Waals surface area contributed by atoms with Crippen LogP contribution in [0.4, 0.5) is 8.78 Å². The summed E-state index contributed by atoms with van der Waals surface area (Å²) in [4.78, 5) is 2.03. The van der Waals surface area contributed by atoms with Crippen LogP contribution in [0.15, 0.2) is 16.6 Å². The summed E-state index contributed by atoms with van der Waals surface area (Å²) in [6.07, 6.45) is 0.918. The molecule has 0 radical (unpaired) electrons. The average molecular weight is 336 g/mol. The van der Waals surface area contributed by atoms with E-state index >= 15 is 0 Å². The number of benzene rings is 1. The molecule has 0 N–H and O–H groups in total. The van der Waals surface area contributed by atoms with E-state index in [-0.39, 0.29) is 18.2 Å². The molecule has 1 atom stereocenters. The van der Waals surface area contributed by atoms with E-state index in [1.165, 1.54) is 12.1 Å². The van der Waals surface area contributed by atoms with Gasteiger partial charge in [-0.05, 0) is 41.4 Å². The first-order chi connectivity index (χ1) is 9.01. The van der Waals surface area contributed by atoms with Gasteiger partial charge in [0.05, 0.1) is 11.1 Å². The van der Waals surface area contributed by atoms with Gasteiger partial charge in [0.2, 0.25) is 0 Å². The molecule has 0 fully saturated rings. The van der Waals surface area contributed by atoms with Gasteiger partial charge in [-0.25, -0.2) is 8.78 Å². The highest BCUT2D eigenvalue weighted by molar-refractivity contribution is 9.10. The molecule has 0 spiro atoms. The van der Waals surface area contributed by atoms with Gasteiger partial charge in [0, 0.05) is 31.8 Å². The van der Waals surface area contributed by atoms with Gasteiger partial charge in [-0.15, -0.1) is 0 Å². The van der Waals surface area contributed by atoms with Crippen LogP contribution in [0, 0.1) is 11.6 Å². The van der Waals surface area contributed by atoms with Crippen molar-refractivity contribution in [3.63, 3.8) is 0 Å². The van der Waals surface area contributed by atoms with Gasteiger partial charge in [0.15, 0.2) is 0 Å². The minimum Gasteiger partial charge on any atom is -0.383 e. The molecule has 2 nitrogen and oxygen atoms in total. The summed E-state index contributed by atoms with van der Waals surface area (Å²) in [6, 6.07) is 2.91. The molecule has 0 aliphatic rings. The van der Waals surface area contributed by atoms with E-state index in [4.69, 9.17) is 4.74 Å². The Labute approximate surface area is 121 Å². The molecular formula is C14H20BrF2NO. The summed E-state index contributed by atoms with van der Waals surface area (Å²) in [5.41, 5.74) is 0.103. The summed E-state index contributed by atoms with van der Waals surface area (Å²) >= 11 is 3.09. The van der Waals surface area contributed by atoms with Crippen molar-refractivity contribution < 1.29 is 13.5 Å². The molecule has 0 heterocycles. The largest absolute Gasteiger partial charge is 0.383 e. The highest BCUT2D eigenvalue weighted by atomic mass is 79.9. The number of methoxy groups -OCH3 is 1. The zero-order valence-electron chi connectivity index (χ0n) is 11.5. The number of hydrogen-bond donors (Lipinski definition) is 0. The van der Waals surface area contributed by atoms with E-state index in [1.807, 2.05) is 11.8 Å². The lowest BCUT2D eigenvalue weighted by Gasteiger charge is -2.28. The van der Waals surface area contributed by atoms with Gasteiger partial charge in [-0.3, -0.25) is 4.90 Å². The highest BCUT2D eigenvalue weighted by Crippen LogP contribution is 2.23. The van der Waals surface area contributed by atoms with Crippen LogP contribution in [0.25, 0.3) is 0 Å². The van der Waals surface area contributed by atoms with Crippen molar-refractivity contribution in [3.05, 3.63) is 33.8 Å². The minimum absolute atomic E-state index is 0.103. The van der Waals surface area contributed by atoms with E-state index < -0.39 is 11.6 Å². The second-order valence-electron chi connectivity index (χ2n) is 4.54. The Balaban J connectivity index is 2.92. The molecule has 0 saturated carbocycles. The summed E-state index contributed by atoms with van der Waals surface area (Å²) < 4.78 is 33.1. The van der Waals surface area contributed by atoms with Gasteiger partial charge in [0.1, 0.15) is 11.6 Å². The van der Waals surface area contributed by atoms with Crippen molar-refractivity contribution in [2.24, 2.45) is 0 Å². The van der Waals surface area contributed by atoms with Gasteiger partial charge >= 0.3 is 0 Å². The molecule has 1 unspecified atom stereocenters. The van der Waals surface area contributed by atoms with Crippen LogP contribution in [0.2, 0.25) is 0 Å². The van der Waals surface area contributed by atoms with E-state index in [0.717, 1.165) is 6.42 Å². The maximum absolute atomic E-state index is 14.0. The standard InChI is InChI=1S/C14H20BrF2NO/c1-4-10(2)18(7-8-19-3)9-11-13(16)6-5-12(15)14(11)17/h5-6,10H,4,7-9H2,1-3H3. The molecule has 108 valence electrons. The summed E-state index contributed by atoms with van der Waals surface area (Å²) in [5.74, 6) is -1.03. The van der Waals surface area contributed by atoms with Crippen molar-refractivity contribution >= 4 is 15.9 Å². The lowest BCUT2D eigenvalue weighted by Crippen LogP contribution is -2.35. The molecule has 1 aromatic carbocycles. The third-order valence-electron chi connectivity index (χ3n) is 3.30. The van der Waals surface area contributed by atoms with Crippen LogP contribution in [0.3, 0.4) is 0 Å². The summed E-state index contributed by atoms with van der Waals surface area (Å²) in [6.45, 7) is 5.54. The molecule has 0 aliphatic heterocycles. The third-order valence-corrected chi connectivity index (χ3v) is 3.91. The second kappa shape index (κ2) is 7.92. The first-order valence-electron chi connectivity index (χ1n) is 6.36. The first kappa shape index (κ1) is 16.5. The molecule has 0 aromatic heterocycles. The predicted octanol–water partition coefficient (Wildman–Crippen LogP) is 3.97. The average Bonchev–Trinajstić information content (AvgIpc) is 2.41.